The minimum atomic E-state index is -3.68. The molecule has 4 aromatic rings. The first-order valence-electron chi connectivity index (χ1n) is 8.57. The first-order valence-corrected chi connectivity index (χ1v) is 10.1. The Bertz CT molecular complexity index is 1230. The fourth-order valence-electron chi connectivity index (χ4n) is 3.31. The molecule has 4 rings (SSSR count). The van der Waals surface area contributed by atoms with Gasteiger partial charge in [0.15, 0.2) is 0 Å². The van der Waals surface area contributed by atoms with Crippen LogP contribution in [0.3, 0.4) is 0 Å². The molecule has 2 aromatic carbocycles. The zero-order valence-corrected chi connectivity index (χ0v) is 15.9. The molecule has 0 unspecified atom stereocenters. The summed E-state index contributed by atoms with van der Waals surface area (Å²) in [6.07, 6.45) is 3.47. The molecular weight excluding hydrogens is 360 g/mol. The van der Waals surface area contributed by atoms with E-state index in [0.29, 0.717) is 5.39 Å². The molecule has 0 aliphatic rings. The predicted octanol–water partition coefficient (Wildman–Crippen LogP) is 3.26. The molecule has 0 aliphatic carbocycles. The predicted molar refractivity (Wildman–Crippen MR) is 108 cm³/mol. The third-order valence-electron chi connectivity index (χ3n) is 4.63. The van der Waals surface area contributed by atoms with Gasteiger partial charge in [-0.25, -0.2) is 18.1 Å². The highest BCUT2D eigenvalue weighted by Gasteiger charge is 2.18. The highest BCUT2D eigenvalue weighted by atomic mass is 32.2. The van der Waals surface area contributed by atoms with Crippen molar-refractivity contribution in [2.75, 3.05) is 19.0 Å². The van der Waals surface area contributed by atoms with Gasteiger partial charge < -0.3 is 9.88 Å². The number of nitrogens with zero attached hydrogens (tertiary/aromatic N) is 2. The highest BCUT2D eigenvalue weighted by Crippen LogP contribution is 2.30. The summed E-state index contributed by atoms with van der Waals surface area (Å²) in [7, 11) is 0.210. The maximum Gasteiger partial charge on any atom is 0.241 e. The Kier molecular flexibility index (Phi) is 4.33. The van der Waals surface area contributed by atoms with E-state index in [2.05, 4.69) is 14.7 Å². The molecule has 0 aliphatic heterocycles. The van der Waals surface area contributed by atoms with E-state index >= 15 is 0 Å². The molecular formula is C20H20N4O2S. The fraction of sp³-hybridized carbons (Fsp3) is 0.150. The number of fused-ring (bicyclic) bond motifs is 2. The zero-order chi connectivity index (χ0) is 19.0. The molecule has 0 bridgehead atoms. The lowest BCUT2D eigenvalue weighted by atomic mass is 10.1. The largest absolute Gasteiger partial charge is 0.377 e. The van der Waals surface area contributed by atoms with Crippen LogP contribution in [0.2, 0.25) is 0 Å². The van der Waals surface area contributed by atoms with Crippen LogP contribution in [-0.2, 0) is 16.6 Å². The molecule has 0 spiro atoms. The molecule has 0 atom stereocenters. The van der Waals surface area contributed by atoms with Crippen LogP contribution in [0.25, 0.3) is 21.8 Å². The van der Waals surface area contributed by atoms with Crippen molar-refractivity contribution in [2.24, 2.45) is 0 Å². The Labute approximate surface area is 157 Å². The molecule has 2 aromatic heterocycles. The SMILES string of the molecule is CN(C)c1cccc2c(S(=O)(=O)NCc3ccnc4[nH]ccc34)cccc12. The van der Waals surface area contributed by atoms with Gasteiger partial charge in [0.1, 0.15) is 5.65 Å². The Morgan fingerprint density at radius 1 is 1.00 bits per heavy atom. The van der Waals surface area contributed by atoms with Crippen molar-refractivity contribution in [1.29, 1.82) is 0 Å². The van der Waals surface area contributed by atoms with Crippen molar-refractivity contribution in [3.05, 3.63) is 66.5 Å². The molecule has 0 saturated carbocycles. The molecule has 0 fully saturated rings. The van der Waals surface area contributed by atoms with E-state index in [1.165, 1.54) is 0 Å². The van der Waals surface area contributed by atoms with Gasteiger partial charge in [0.2, 0.25) is 10.0 Å². The molecule has 7 heteroatoms. The summed E-state index contributed by atoms with van der Waals surface area (Å²) in [5.74, 6) is 0. The van der Waals surface area contributed by atoms with Crippen molar-refractivity contribution in [3.63, 3.8) is 0 Å². The van der Waals surface area contributed by atoms with Crippen LogP contribution < -0.4 is 9.62 Å². The van der Waals surface area contributed by atoms with Crippen LogP contribution in [-0.4, -0.2) is 32.5 Å². The van der Waals surface area contributed by atoms with Gasteiger partial charge >= 0.3 is 0 Å². The minimum absolute atomic E-state index is 0.197. The standard InChI is InChI=1S/C20H20N4O2S/c1-24(2)18-7-3-6-17-16(18)5-4-8-19(17)27(25,26)23-13-14-9-11-21-20-15(14)10-12-22-20/h3-12,23H,13H2,1-2H3,(H,21,22). The second-order valence-electron chi connectivity index (χ2n) is 6.56. The maximum atomic E-state index is 13.0. The smallest absolute Gasteiger partial charge is 0.241 e. The molecule has 27 heavy (non-hydrogen) atoms. The number of rotatable bonds is 5. The fourth-order valence-corrected chi connectivity index (χ4v) is 4.54. The summed E-state index contributed by atoms with van der Waals surface area (Å²) in [5, 5.41) is 2.52. The summed E-state index contributed by atoms with van der Waals surface area (Å²) in [6, 6.07) is 14.8. The van der Waals surface area contributed by atoms with Gasteiger partial charge in [-0.15, -0.1) is 0 Å². The second-order valence-corrected chi connectivity index (χ2v) is 8.29. The number of nitrogens with one attached hydrogen (secondary N) is 2. The van der Waals surface area contributed by atoms with Gasteiger partial charge in [-0.05, 0) is 29.8 Å². The van der Waals surface area contributed by atoms with Crippen molar-refractivity contribution >= 4 is 37.5 Å². The molecule has 2 heterocycles. The molecule has 2 N–H and O–H groups in total. The Hall–Kier alpha value is -2.90. The van der Waals surface area contributed by atoms with Gasteiger partial charge in [-0.3, -0.25) is 0 Å². The molecule has 6 nitrogen and oxygen atoms in total. The number of aromatic amines is 1. The lowest BCUT2D eigenvalue weighted by Crippen LogP contribution is -2.23. The van der Waals surface area contributed by atoms with E-state index < -0.39 is 10.0 Å². The van der Waals surface area contributed by atoms with Gasteiger partial charge in [0.25, 0.3) is 0 Å². The number of anilines is 1. The number of aromatic nitrogens is 2. The number of pyridine rings is 1. The number of benzene rings is 2. The van der Waals surface area contributed by atoms with E-state index in [-0.39, 0.29) is 11.4 Å². The lowest BCUT2D eigenvalue weighted by molar-refractivity contribution is 0.582. The number of sulfonamides is 1. The Morgan fingerprint density at radius 2 is 1.78 bits per heavy atom. The van der Waals surface area contributed by atoms with Crippen LogP contribution in [0.15, 0.2) is 65.8 Å². The highest BCUT2D eigenvalue weighted by molar-refractivity contribution is 7.89. The van der Waals surface area contributed by atoms with Crippen LogP contribution in [0.4, 0.5) is 5.69 Å². The van der Waals surface area contributed by atoms with Crippen LogP contribution in [0.5, 0.6) is 0 Å². The van der Waals surface area contributed by atoms with E-state index in [1.807, 2.05) is 55.4 Å². The van der Waals surface area contributed by atoms with E-state index in [1.54, 1.807) is 24.5 Å². The van der Waals surface area contributed by atoms with Gasteiger partial charge in [-0.2, -0.15) is 0 Å². The van der Waals surface area contributed by atoms with E-state index in [9.17, 15) is 8.42 Å². The van der Waals surface area contributed by atoms with Crippen molar-refractivity contribution in [1.82, 2.24) is 14.7 Å². The van der Waals surface area contributed by atoms with E-state index in [0.717, 1.165) is 27.7 Å². The second kappa shape index (κ2) is 6.68. The third kappa shape index (κ3) is 3.15. The van der Waals surface area contributed by atoms with Crippen LogP contribution in [0.1, 0.15) is 5.56 Å². The van der Waals surface area contributed by atoms with E-state index in [4.69, 9.17) is 0 Å². The van der Waals surface area contributed by atoms with Crippen molar-refractivity contribution in [3.8, 4) is 0 Å². The average molecular weight is 380 g/mol. The Morgan fingerprint density at radius 3 is 2.59 bits per heavy atom. The average Bonchev–Trinajstić information content (AvgIpc) is 3.14. The maximum absolute atomic E-state index is 13.0. The normalized spacial score (nSPS) is 11.9. The Balaban J connectivity index is 1.72. The van der Waals surface area contributed by atoms with Crippen molar-refractivity contribution < 1.29 is 8.42 Å². The molecule has 0 radical (unpaired) electrons. The summed E-state index contributed by atoms with van der Waals surface area (Å²) >= 11 is 0. The van der Waals surface area contributed by atoms with Gasteiger partial charge in [0.05, 0.1) is 4.90 Å². The summed E-state index contributed by atoms with van der Waals surface area (Å²) < 4.78 is 28.8. The molecule has 138 valence electrons. The van der Waals surface area contributed by atoms with Crippen molar-refractivity contribution in [2.45, 2.75) is 11.4 Å². The molecule has 0 saturated heterocycles. The summed E-state index contributed by atoms with van der Waals surface area (Å²) in [6.45, 7) is 0.197. The van der Waals surface area contributed by atoms with Gasteiger partial charge in [-0.1, -0.05) is 24.3 Å². The lowest BCUT2D eigenvalue weighted by Gasteiger charge is -2.17. The summed E-state index contributed by atoms with van der Waals surface area (Å²) in [4.78, 5) is 9.53. The third-order valence-corrected chi connectivity index (χ3v) is 6.09. The first kappa shape index (κ1) is 17.5. The number of hydrogen-bond donors (Lipinski definition) is 2. The zero-order valence-electron chi connectivity index (χ0n) is 15.1. The van der Waals surface area contributed by atoms with Gasteiger partial charge in [0, 0.05) is 54.9 Å². The topological polar surface area (TPSA) is 78.1 Å². The van der Waals surface area contributed by atoms with Crippen LogP contribution >= 0.6 is 0 Å². The minimum Gasteiger partial charge on any atom is -0.377 e. The monoisotopic (exact) mass is 380 g/mol. The quantitative estimate of drug-likeness (QED) is 0.557. The molecule has 0 amide bonds. The summed E-state index contributed by atoms with van der Waals surface area (Å²) in [5.41, 5.74) is 2.60. The van der Waals surface area contributed by atoms with Crippen LogP contribution in [0, 0.1) is 0 Å². The first-order chi connectivity index (χ1) is 13.0. The number of hydrogen-bond acceptors (Lipinski definition) is 4. The number of H-pyrrole nitrogens is 1.